The molecule has 1 aliphatic heterocycles. The van der Waals surface area contributed by atoms with E-state index in [0.717, 1.165) is 39.7 Å². The molecule has 0 amide bonds. The average molecular weight is 415 g/mol. The number of nitrogens with zero attached hydrogens (tertiary/aromatic N) is 2. The number of benzene rings is 2. The van der Waals surface area contributed by atoms with Crippen LogP contribution >= 0.6 is 11.8 Å². The number of nitriles is 1. The molecule has 1 aliphatic rings. The highest BCUT2D eigenvalue weighted by atomic mass is 32.2. The number of piperidine rings is 1. The van der Waals surface area contributed by atoms with Gasteiger partial charge in [-0.2, -0.15) is 5.26 Å². The van der Waals surface area contributed by atoms with Gasteiger partial charge in [0.1, 0.15) is 11.1 Å². The Morgan fingerprint density at radius 2 is 1.70 bits per heavy atom. The van der Waals surface area contributed by atoms with Gasteiger partial charge in [0.25, 0.3) is 0 Å². The summed E-state index contributed by atoms with van der Waals surface area (Å²) in [5, 5.41) is 10.9. The summed E-state index contributed by atoms with van der Waals surface area (Å²) < 4.78 is 0. The second-order valence-corrected chi connectivity index (χ2v) is 9.07. The van der Waals surface area contributed by atoms with Crippen LogP contribution in [0.3, 0.4) is 0 Å². The number of thioether (sulfide) groups is 1. The number of hydrogen-bond acceptors (Lipinski definition) is 3. The average Bonchev–Trinajstić information content (AvgIpc) is 2.80. The van der Waals surface area contributed by atoms with Crippen LogP contribution in [0.5, 0.6) is 0 Å². The smallest absolute Gasteiger partial charge is 0.115 e. The minimum absolute atomic E-state index is 0.690. The molecule has 0 unspecified atom stereocenters. The van der Waals surface area contributed by atoms with E-state index in [1.807, 2.05) is 18.2 Å². The molecule has 1 saturated heterocycles. The summed E-state index contributed by atoms with van der Waals surface area (Å²) in [5.41, 5.74) is 5.97. The highest BCUT2D eigenvalue weighted by Gasteiger charge is 2.18. The molecule has 0 atom stereocenters. The van der Waals surface area contributed by atoms with E-state index in [0.29, 0.717) is 5.56 Å². The Labute approximate surface area is 183 Å². The predicted octanol–water partition coefficient (Wildman–Crippen LogP) is 4.76. The molecule has 4 heteroatoms. The van der Waals surface area contributed by atoms with E-state index in [1.54, 1.807) is 16.7 Å². The van der Waals surface area contributed by atoms with Crippen molar-refractivity contribution in [3.05, 3.63) is 71.8 Å². The Balaban J connectivity index is 1.68. The molecular weight excluding hydrogens is 386 g/mol. The maximum Gasteiger partial charge on any atom is 0.115 e. The van der Waals surface area contributed by atoms with Crippen molar-refractivity contribution in [3.8, 4) is 28.5 Å². The third kappa shape index (κ3) is 4.92. The first kappa shape index (κ1) is 20.7. The third-order valence-corrected chi connectivity index (χ3v) is 6.76. The van der Waals surface area contributed by atoms with Crippen LogP contribution in [0, 0.1) is 18.3 Å². The van der Waals surface area contributed by atoms with Gasteiger partial charge in [0, 0.05) is 16.9 Å². The van der Waals surface area contributed by atoms with E-state index in [4.69, 9.17) is 4.98 Å². The van der Waals surface area contributed by atoms with Crippen LogP contribution in [-0.2, 0) is 0 Å². The number of nitrogens with one attached hydrogen (secondary N) is 1. The first-order valence-electron chi connectivity index (χ1n) is 10.8. The van der Waals surface area contributed by atoms with Crippen molar-refractivity contribution in [2.45, 2.75) is 31.2 Å². The first-order chi connectivity index (χ1) is 14.7. The number of hydrogen-bond donors (Lipinski definition) is 1. The van der Waals surface area contributed by atoms with Gasteiger partial charge < -0.3 is 4.90 Å². The van der Waals surface area contributed by atoms with E-state index in [9.17, 15) is 5.26 Å². The monoisotopic (exact) mass is 414 g/mol. The molecule has 152 valence electrons. The lowest BCUT2D eigenvalue weighted by atomic mass is 9.99. The van der Waals surface area contributed by atoms with Gasteiger partial charge >= 0.3 is 0 Å². The largest absolute Gasteiger partial charge is 0.334 e. The summed E-state index contributed by atoms with van der Waals surface area (Å²) >= 11 is 1.73. The molecule has 0 aliphatic carbocycles. The number of rotatable bonds is 6. The van der Waals surface area contributed by atoms with Crippen molar-refractivity contribution in [2.75, 3.05) is 25.4 Å². The van der Waals surface area contributed by atoms with E-state index in [1.165, 1.54) is 37.9 Å². The van der Waals surface area contributed by atoms with Gasteiger partial charge in [0.05, 0.1) is 30.9 Å². The Morgan fingerprint density at radius 1 is 0.967 bits per heavy atom. The molecule has 0 bridgehead atoms. The fourth-order valence-corrected chi connectivity index (χ4v) is 5.09. The molecule has 2 heterocycles. The van der Waals surface area contributed by atoms with Gasteiger partial charge in [0.15, 0.2) is 0 Å². The Morgan fingerprint density at radius 3 is 2.40 bits per heavy atom. The van der Waals surface area contributed by atoms with Gasteiger partial charge in [-0.25, -0.2) is 4.98 Å². The number of likely N-dealkylation sites (tertiary alicyclic amines) is 1. The van der Waals surface area contributed by atoms with E-state index >= 15 is 0 Å². The van der Waals surface area contributed by atoms with E-state index < -0.39 is 0 Å². The molecule has 3 aromatic rings. The summed E-state index contributed by atoms with van der Waals surface area (Å²) in [5.74, 6) is 0.989. The zero-order valence-corrected chi connectivity index (χ0v) is 18.3. The summed E-state index contributed by atoms with van der Waals surface area (Å²) in [6, 6.07) is 23.2. The summed E-state index contributed by atoms with van der Waals surface area (Å²) in [6.07, 6.45) is 4.04. The van der Waals surface area contributed by atoms with Gasteiger partial charge in [-0.05, 0) is 37.8 Å². The van der Waals surface area contributed by atoms with Crippen molar-refractivity contribution in [1.29, 1.82) is 5.26 Å². The molecule has 0 spiro atoms. The van der Waals surface area contributed by atoms with Crippen LogP contribution in [0.4, 0.5) is 0 Å². The molecule has 1 fully saturated rings. The number of aryl methyl sites for hydroxylation is 1. The van der Waals surface area contributed by atoms with Crippen molar-refractivity contribution in [1.82, 2.24) is 4.98 Å². The Hall–Kier alpha value is -2.61. The van der Waals surface area contributed by atoms with Crippen LogP contribution in [0.25, 0.3) is 22.4 Å². The quantitative estimate of drug-likeness (QED) is 0.592. The number of pyridine rings is 1. The highest BCUT2D eigenvalue weighted by molar-refractivity contribution is 7.99. The van der Waals surface area contributed by atoms with Crippen LogP contribution in [0.2, 0.25) is 0 Å². The normalized spacial score (nSPS) is 14.4. The van der Waals surface area contributed by atoms with Gasteiger partial charge in [-0.15, -0.1) is 0 Å². The lowest BCUT2D eigenvalue weighted by Gasteiger charge is -2.23. The lowest BCUT2D eigenvalue weighted by molar-refractivity contribution is -0.902. The maximum atomic E-state index is 10.00. The standard InChI is InChI=1S/C26H27N3S/c1-20-10-12-22(13-11-20)25-18-23(21-8-4-2-5-9-21)24(19-27)26(28-25)30-17-16-29-14-6-3-7-15-29/h2,4-5,8-13,18H,3,6-7,14-17H2,1H3/p+1. The molecule has 30 heavy (non-hydrogen) atoms. The van der Waals surface area contributed by atoms with Crippen LogP contribution in [0.1, 0.15) is 30.4 Å². The summed E-state index contributed by atoms with van der Waals surface area (Å²) in [6.45, 7) is 5.78. The van der Waals surface area contributed by atoms with Crippen LogP contribution in [-0.4, -0.2) is 30.4 Å². The molecule has 1 aromatic heterocycles. The van der Waals surface area contributed by atoms with E-state index in [-0.39, 0.29) is 0 Å². The fraction of sp³-hybridized carbons (Fsp3) is 0.308. The first-order valence-corrected chi connectivity index (χ1v) is 11.8. The van der Waals surface area contributed by atoms with Gasteiger partial charge in [-0.1, -0.05) is 71.9 Å². The zero-order chi connectivity index (χ0) is 20.8. The second kappa shape index (κ2) is 9.93. The SMILES string of the molecule is Cc1ccc(-c2cc(-c3ccccc3)c(C#N)c(SCC[NH+]3CCCCC3)n2)cc1. The topological polar surface area (TPSA) is 41.1 Å². The van der Waals surface area contributed by atoms with Gasteiger partial charge in [0.2, 0.25) is 0 Å². The summed E-state index contributed by atoms with van der Waals surface area (Å²) in [7, 11) is 0. The van der Waals surface area contributed by atoms with Crippen molar-refractivity contribution >= 4 is 11.8 Å². The van der Waals surface area contributed by atoms with Crippen LogP contribution in [0.15, 0.2) is 65.7 Å². The molecule has 2 aromatic carbocycles. The number of quaternary nitrogens is 1. The van der Waals surface area contributed by atoms with Gasteiger partial charge in [-0.3, -0.25) is 0 Å². The maximum absolute atomic E-state index is 10.00. The molecule has 1 N–H and O–H groups in total. The van der Waals surface area contributed by atoms with Crippen molar-refractivity contribution in [2.24, 2.45) is 0 Å². The summed E-state index contributed by atoms with van der Waals surface area (Å²) in [4.78, 5) is 6.63. The minimum Gasteiger partial charge on any atom is -0.334 e. The number of aromatic nitrogens is 1. The molecule has 4 rings (SSSR count). The predicted molar refractivity (Wildman–Crippen MR) is 125 cm³/mol. The Kier molecular flexibility index (Phi) is 6.84. The van der Waals surface area contributed by atoms with E-state index in [2.05, 4.69) is 55.5 Å². The van der Waals surface area contributed by atoms with Crippen LogP contribution < -0.4 is 4.90 Å². The second-order valence-electron chi connectivity index (χ2n) is 7.99. The minimum atomic E-state index is 0.690. The molecule has 0 saturated carbocycles. The fourth-order valence-electron chi connectivity index (χ4n) is 4.05. The van der Waals surface area contributed by atoms with Crippen molar-refractivity contribution in [3.63, 3.8) is 0 Å². The molecular formula is C26H28N3S+. The lowest BCUT2D eigenvalue weighted by Crippen LogP contribution is -3.13. The highest BCUT2D eigenvalue weighted by Crippen LogP contribution is 2.34. The van der Waals surface area contributed by atoms with Crippen molar-refractivity contribution < 1.29 is 4.90 Å². The molecule has 0 radical (unpaired) electrons. The molecule has 3 nitrogen and oxygen atoms in total. The zero-order valence-electron chi connectivity index (χ0n) is 17.5. The third-order valence-electron chi connectivity index (χ3n) is 5.79. The Bertz CT molecular complexity index is 1020.